The molecule has 1 N–H and O–H groups in total. The molecule has 2 unspecified atom stereocenters. The second kappa shape index (κ2) is 7.46. The van der Waals surface area contributed by atoms with Gasteiger partial charge in [0.25, 0.3) is 0 Å². The lowest BCUT2D eigenvalue weighted by Gasteiger charge is -2.31. The first kappa shape index (κ1) is 15.1. The van der Waals surface area contributed by atoms with E-state index >= 15 is 0 Å². The van der Waals surface area contributed by atoms with Crippen molar-refractivity contribution in [1.29, 1.82) is 0 Å². The van der Waals surface area contributed by atoms with Gasteiger partial charge in [-0.2, -0.15) is 0 Å². The quantitative estimate of drug-likeness (QED) is 0.907. The topological polar surface area (TPSA) is 30.5 Å². The van der Waals surface area contributed by atoms with Crippen LogP contribution in [0.2, 0.25) is 10.0 Å². The molecule has 0 saturated carbocycles. The number of likely N-dealkylation sites (N-methyl/N-ethyl adjacent to an activating group) is 1. The van der Waals surface area contributed by atoms with E-state index in [0.717, 1.165) is 18.5 Å². The molecule has 1 aromatic carbocycles. The van der Waals surface area contributed by atoms with Gasteiger partial charge in [-0.3, -0.25) is 0 Å². The fourth-order valence-corrected chi connectivity index (χ4v) is 2.68. The van der Waals surface area contributed by atoms with Crippen LogP contribution in [0.4, 0.5) is 0 Å². The highest BCUT2D eigenvalue weighted by atomic mass is 35.5. The molecule has 5 heteroatoms. The molecule has 1 aliphatic rings. The molecule has 1 saturated heterocycles. The molecule has 0 aromatic heterocycles. The van der Waals surface area contributed by atoms with Gasteiger partial charge in [-0.25, -0.2) is 0 Å². The van der Waals surface area contributed by atoms with Gasteiger partial charge in [-0.05, 0) is 24.6 Å². The van der Waals surface area contributed by atoms with E-state index in [4.69, 9.17) is 32.7 Å². The van der Waals surface area contributed by atoms with E-state index in [9.17, 15) is 0 Å². The van der Waals surface area contributed by atoms with E-state index in [1.807, 2.05) is 12.1 Å². The SMILES string of the molecule is CCNC(Cc1cccc(Cl)c1Cl)C1COCCO1. The Morgan fingerprint density at radius 1 is 1.37 bits per heavy atom. The van der Waals surface area contributed by atoms with Crippen molar-refractivity contribution in [3.8, 4) is 0 Å². The molecular formula is C14H19Cl2NO2. The van der Waals surface area contributed by atoms with Crippen molar-refractivity contribution in [2.24, 2.45) is 0 Å². The molecule has 0 spiro atoms. The maximum absolute atomic E-state index is 6.24. The van der Waals surface area contributed by atoms with Crippen LogP contribution in [0.5, 0.6) is 0 Å². The molecule has 0 amide bonds. The Kier molecular flexibility index (Phi) is 5.92. The minimum absolute atomic E-state index is 0.0590. The Bertz CT molecular complexity index is 408. The molecule has 19 heavy (non-hydrogen) atoms. The highest BCUT2D eigenvalue weighted by molar-refractivity contribution is 6.42. The second-order valence-corrected chi connectivity index (χ2v) is 5.35. The van der Waals surface area contributed by atoms with Crippen LogP contribution >= 0.6 is 23.2 Å². The van der Waals surface area contributed by atoms with Gasteiger partial charge in [0.1, 0.15) is 0 Å². The number of hydrogen-bond acceptors (Lipinski definition) is 3. The van der Waals surface area contributed by atoms with Gasteiger partial charge < -0.3 is 14.8 Å². The average Bonchev–Trinajstić information content (AvgIpc) is 2.44. The lowest BCUT2D eigenvalue weighted by molar-refractivity contribution is -0.101. The average molecular weight is 304 g/mol. The summed E-state index contributed by atoms with van der Waals surface area (Å²) in [6.07, 6.45) is 0.838. The van der Waals surface area contributed by atoms with E-state index in [1.54, 1.807) is 6.07 Å². The molecule has 0 radical (unpaired) electrons. The summed E-state index contributed by atoms with van der Waals surface area (Å²) >= 11 is 12.3. The first-order valence-corrected chi connectivity index (χ1v) is 7.33. The zero-order valence-corrected chi connectivity index (χ0v) is 12.5. The highest BCUT2D eigenvalue weighted by Crippen LogP contribution is 2.27. The summed E-state index contributed by atoms with van der Waals surface area (Å²) in [5, 5.41) is 4.66. The molecule has 2 rings (SSSR count). The summed E-state index contributed by atoms with van der Waals surface area (Å²) in [7, 11) is 0. The maximum atomic E-state index is 6.24. The summed E-state index contributed by atoms with van der Waals surface area (Å²) in [6.45, 7) is 4.90. The Hall–Kier alpha value is -0.320. The zero-order chi connectivity index (χ0) is 13.7. The molecule has 1 aliphatic heterocycles. The standard InChI is InChI=1S/C14H19Cl2NO2/c1-2-17-12(13-9-18-6-7-19-13)8-10-4-3-5-11(15)14(10)16/h3-5,12-13,17H,2,6-9H2,1H3. The highest BCUT2D eigenvalue weighted by Gasteiger charge is 2.25. The molecule has 2 atom stereocenters. The summed E-state index contributed by atoms with van der Waals surface area (Å²) in [5.74, 6) is 0. The normalized spacial score (nSPS) is 21.3. The van der Waals surface area contributed by atoms with Gasteiger partial charge in [-0.1, -0.05) is 42.3 Å². The van der Waals surface area contributed by atoms with Crippen LogP contribution in [0, 0.1) is 0 Å². The summed E-state index contributed by atoms with van der Waals surface area (Å²) in [6, 6.07) is 5.91. The smallest absolute Gasteiger partial charge is 0.0965 e. The van der Waals surface area contributed by atoms with Gasteiger partial charge in [0, 0.05) is 6.04 Å². The van der Waals surface area contributed by atoms with Gasteiger partial charge in [0.05, 0.1) is 36.0 Å². The Morgan fingerprint density at radius 3 is 2.89 bits per heavy atom. The third kappa shape index (κ3) is 4.07. The van der Waals surface area contributed by atoms with E-state index in [0.29, 0.717) is 29.9 Å². The Morgan fingerprint density at radius 2 is 2.21 bits per heavy atom. The molecule has 3 nitrogen and oxygen atoms in total. The number of benzene rings is 1. The van der Waals surface area contributed by atoms with Gasteiger partial charge in [-0.15, -0.1) is 0 Å². The summed E-state index contributed by atoms with van der Waals surface area (Å²) in [4.78, 5) is 0. The van der Waals surface area contributed by atoms with E-state index < -0.39 is 0 Å². The molecule has 1 aromatic rings. The maximum Gasteiger partial charge on any atom is 0.0965 e. The number of nitrogens with one attached hydrogen (secondary N) is 1. The van der Waals surface area contributed by atoms with E-state index in [-0.39, 0.29) is 12.1 Å². The van der Waals surface area contributed by atoms with Crippen molar-refractivity contribution in [3.63, 3.8) is 0 Å². The van der Waals surface area contributed by atoms with Gasteiger partial charge >= 0.3 is 0 Å². The predicted molar refractivity (Wildman–Crippen MR) is 78.2 cm³/mol. The van der Waals surface area contributed by atoms with Crippen molar-refractivity contribution in [3.05, 3.63) is 33.8 Å². The van der Waals surface area contributed by atoms with Crippen molar-refractivity contribution in [2.45, 2.75) is 25.5 Å². The van der Waals surface area contributed by atoms with Crippen LogP contribution in [0.3, 0.4) is 0 Å². The van der Waals surface area contributed by atoms with Crippen LogP contribution in [0.15, 0.2) is 18.2 Å². The first-order valence-electron chi connectivity index (χ1n) is 6.58. The number of hydrogen-bond donors (Lipinski definition) is 1. The molecule has 1 fully saturated rings. The van der Waals surface area contributed by atoms with Crippen molar-refractivity contribution in [1.82, 2.24) is 5.32 Å². The summed E-state index contributed by atoms with van der Waals surface area (Å²) in [5.41, 5.74) is 1.04. The van der Waals surface area contributed by atoms with Crippen LogP contribution in [0.1, 0.15) is 12.5 Å². The lowest BCUT2D eigenvalue weighted by Crippen LogP contribution is -2.47. The van der Waals surface area contributed by atoms with Crippen LogP contribution < -0.4 is 5.32 Å². The van der Waals surface area contributed by atoms with Crippen molar-refractivity contribution in [2.75, 3.05) is 26.4 Å². The van der Waals surface area contributed by atoms with Crippen molar-refractivity contribution >= 4 is 23.2 Å². The fourth-order valence-electron chi connectivity index (χ4n) is 2.28. The first-order chi connectivity index (χ1) is 9.22. The number of rotatable bonds is 5. The molecular weight excluding hydrogens is 285 g/mol. The third-order valence-corrected chi connectivity index (χ3v) is 4.09. The van der Waals surface area contributed by atoms with Crippen LogP contribution in [-0.2, 0) is 15.9 Å². The van der Waals surface area contributed by atoms with Gasteiger partial charge in [0.2, 0.25) is 0 Å². The number of halogens is 2. The van der Waals surface area contributed by atoms with Crippen molar-refractivity contribution < 1.29 is 9.47 Å². The largest absolute Gasteiger partial charge is 0.376 e. The van der Waals surface area contributed by atoms with E-state index in [2.05, 4.69) is 12.2 Å². The molecule has 1 heterocycles. The Balaban J connectivity index is 2.08. The third-order valence-electron chi connectivity index (χ3n) is 3.23. The lowest BCUT2D eigenvalue weighted by atomic mass is 10.0. The molecule has 0 aliphatic carbocycles. The minimum Gasteiger partial charge on any atom is -0.376 e. The second-order valence-electron chi connectivity index (χ2n) is 4.57. The number of ether oxygens (including phenoxy) is 2. The Labute approximate surface area is 124 Å². The zero-order valence-electron chi connectivity index (χ0n) is 11.0. The molecule has 106 valence electrons. The summed E-state index contributed by atoms with van der Waals surface area (Å²) < 4.78 is 11.2. The monoisotopic (exact) mass is 303 g/mol. The molecule has 0 bridgehead atoms. The fraction of sp³-hybridized carbons (Fsp3) is 0.571. The van der Waals surface area contributed by atoms with Gasteiger partial charge in [0.15, 0.2) is 0 Å². The predicted octanol–water partition coefficient (Wildman–Crippen LogP) is 2.93. The van der Waals surface area contributed by atoms with Crippen LogP contribution in [0.25, 0.3) is 0 Å². The van der Waals surface area contributed by atoms with Crippen LogP contribution in [-0.4, -0.2) is 38.5 Å². The minimum atomic E-state index is 0.0590. The van der Waals surface area contributed by atoms with E-state index in [1.165, 1.54) is 0 Å².